The molecule has 18 heavy (non-hydrogen) atoms. The lowest BCUT2D eigenvalue weighted by molar-refractivity contribution is -0.385. The summed E-state index contributed by atoms with van der Waals surface area (Å²) in [5, 5.41) is 11.1. The molecule has 8 heteroatoms. The predicted octanol–water partition coefficient (Wildman–Crippen LogP) is 3.82. The highest BCUT2D eigenvalue weighted by Gasteiger charge is 2.27. The lowest BCUT2D eigenvalue weighted by atomic mass is 10.2. The van der Waals surface area contributed by atoms with Gasteiger partial charge in [0.1, 0.15) is 0 Å². The quantitative estimate of drug-likeness (QED) is 0.469. The molecule has 0 aliphatic carbocycles. The number of hydrogen-bond donors (Lipinski definition) is 0. The van der Waals surface area contributed by atoms with E-state index in [1.54, 1.807) is 0 Å². The van der Waals surface area contributed by atoms with Gasteiger partial charge >= 0.3 is 11.9 Å². The first-order valence-electron chi connectivity index (χ1n) is 4.86. The second-order valence-corrected chi connectivity index (χ2v) is 3.97. The summed E-state index contributed by atoms with van der Waals surface area (Å²) in [5.74, 6) is -0.152. The molecule has 0 fully saturated rings. The molecule has 0 saturated carbocycles. The van der Waals surface area contributed by atoms with Crippen LogP contribution in [0.15, 0.2) is 18.2 Å². The first-order valence-corrected chi connectivity index (χ1v) is 5.98. The topological polar surface area (TPSA) is 52.4 Å². The number of halogens is 4. The zero-order valence-electron chi connectivity index (χ0n) is 9.04. The van der Waals surface area contributed by atoms with Gasteiger partial charge in [0.15, 0.2) is 5.75 Å². The molecule has 0 heterocycles. The molecule has 0 spiro atoms. The largest absolute Gasteiger partial charge is 0.486 e. The van der Waals surface area contributed by atoms with Gasteiger partial charge in [0, 0.05) is 11.4 Å². The molecule has 1 aromatic rings. The lowest BCUT2D eigenvalue weighted by Gasteiger charge is -2.09. The first kappa shape index (κ1) is 14.7. The van der Waals surface area contributed by atoms with Gasteiger partial charge in [-0.05, 0) is 11.6 Å². The van der Waals surface area contributed by atoms with Crippen LogP contribution in [-0.4, -0.2) is 17.7 Å². The summed E-state index contributed by atoms with van der Waals surface area (Å²) in [7, 11) is 0. The molecule has 0 atom stereocenters. The zero-order chi connectivity index (χ0) is 13.8. The number of alkyl halides is 4. The Balaban J connectivity index is 2.81. The summed E-state index contributed by atoms with van der Waals surface area (Å²) < 4.78 is 40.7. The fourth-order valence-corrected chi connectivity index (χ4v) is 1.53. The SMILES string of the molecule is O=[N+]([O-])c1ccc(CBr)cc1OCCC(F)(F)F. The molecule has 0 N–H and O–H groups in total. The number of benzene rings is 1. The molecule has 0 amide bonds. The highest BCUT2D eigenvalue weighted by atomic mass is 79.9. The highest BCUT2D eigenvalue weighted by molar-refractivity contribution is 9.08. The van der Waals surface area contributed by atoms with Gasteiger partial charge in [-0.3, -0.25) is 10.1 Å². The number of nitro groups is 1. The third kappa shape index (κ3) is 4.52. The monoisotopic (exact) mass is 327 g/mol. The summed E-state index contributed by atoms with van der Waals surface area (Å²) >= 11 is 3.15. The van der Waals surface area contributed by atoms with E-state index in [4.69, 9.17) is 4.74 Å². The number of rotatable bonds is 5. The molecular formula is C10H9BrF3NO3. The Kier molecular flexibility index (Phi) is 4.94. The van der Waals surface area contributed by atoms with E-state index in [-0.39, 0.29) is 11.4 Å². The molecule has 0 aromatic heterocycles. The Bertz CT molecular complexity index is 437. The van der Waals surface area contributed by atoms with Crippen molar-refractivity contribution in [2.24, 2.45) is 0 Å². The fourth-order valence-electron chi connectivity index (χ4n) is 1.18. The van der Waals surface area contributed by atoms with E-state index in [1.807, 2.05) is 0 Å². The van der Waals surface area contributed by atoms with Crippen LogP contribution in [0.2, 0.25) is 0 Å². The van der Waals surface area contributed by atoms with Gasteiger partial charge in [0.2, 0.25) is 0 Å². The third-order valence-corrected chi connectivity index (χ3v) is 2.67. The molecular weight excluding hydrogens is 319 g/mol. The van der Waals surface area contributed by atoms with Crippen molar-refractivity contribution in [2.75, 3.05) is 6.61 Å². The molecule has 100 valence electrons. The average Bonchev–Trinajstić information content (AvgIpc) is 2.26. The van der Waals surface area contributed by atoms with Crippen LogP contribution in [0.4, 0.5) is 18.9 Å². The van der Waals surface area contributed by atoms with Crippen LogP contribution in [0.3, 0.4) is 0 Å². The van der Waals surface area contributed by atoms with Crippen LogP contribution in [0.5, 0.6) is 5.75 Å². The number of nitro benzene ring substituents is 1. The molecule has 1 rings (SSSR count). The van der Waals surface area contributed by atoms with Crippen molar-refractivity contribution in [1.29, 1.82) is 0 Å². The van der Waals surface area contributed by atoms with E-state index in [2.05, 4.69) is 15.9 Å². The second-order valence-electron chi connectivity index (χ2n) is 3.41. The van der Waals surface area contributed by atoms with Crippen LogP contribution >= 0.6 is 15.9 Å². The number of nitrogens with zero attached hydrogens (tertiary/aromatic N) is 1. The van der Waals surface area contributed by atoms with Crippen molar-refractivity contribution in [3.8, 4) is 5.75 Å². The van der Waals surface area contributed by atoms with Gasteiger partial charge < -0.3 is 4.74 Å². The second kappa shape index (κ2) is 6.03. The average molecular weight is 328 g/mol. The molecule has 4 nitrogen and oxygen atoms in total. The van der Waals surface area contributed by atoms with E-state index in [0.717, 1.165) is 0 Å². The maximum absolute atomic E-state index is 11.9. The van der Waals surface area contributed by atoms with Crippen molar-refractivity contribution in [1.82, 2.24) is 0 Å². The van der Waals surface area contributed by atoms with Crippen LogP contribution in [0.25, 0.3) is 0 Å². The minimum absolute atomic E-state index is 0.152. The van der Waals surface area contributed by atoms with Crippen molar-refractivity contribution >= 4 is 21.6 Å². The van der Waals surface area contributed by atoms with Crippen molar-refractivity contribution in [3.63, 3.8) is 0 Å². The van der Waals surface area contributed by atoms with E-state index in [0.29, 0.717) is 10.9 Å². The molecule has 0 saturated heterocycles. The Morgan fingerprint density at radius 2 is 2.06 bits per heavy atom. The maximum Gasteiger partial charge on any atom is 0.392 e. The van der Waals surface area contributed by atoms with Gasteiger partial charge in [0.25, 0.3) is 0 Å². The van der Waals surface area contributed by atoms with Gasteiger partial charge in [-0.25, -0.2) is 0 Å². The molecule has 0 unspecified atom stereocenters. The van der Waals surface area contributed by atoms with Gasteiger partial charge in [-0.2, -0.15) is 13.2 Å². The Labute approximate surface area is 109 Å². The van der Waals surface area contributed by atoms with Gasteiger partial charge in [-0.1, -0.05) is 22.0 Å². The van der Waals surface area contributed by atoms with Crippen molar-refractivity contribution in [3.05, 3.63) is 33.9 Å². The standard InChI is InChI=1S/C10H9BrF3NO3/c11-6-7-1-2-8(15(16)17)9(5-7)18-4-3-10(12,13)14/h1-2,5H,3-4,6H2. The van der Waals surface area contributed by atoms with Crippen molar-refractivity contribution < 1.29 is 22.8 Å². The predicted molar refractivity (Wildman–Crippen MR) is 61.9 cm³/mol. The summed E-state index contributed by atoms with van der Waals surface area (Å²) in [6.07, 6.45) is -5.50. The van der Waals surface area contributed by atoms with Gasteiger partial charge in [0.05, 0.1) is 18.0 Å². The minimum atomic E-state index is -4.35. The third-order valence-electron chi connectivity index (χ3n) is 2.02. The highest BCUT2D eigenvalue weighted by Crippen LogP contribution is 2.29. The lowest BCUT2D eigenvalue weighted by Crippen LogP contribution is -2.13. The molecule has 0 aliphatic rings. The smallest absolute Gasteiger partial charge is 0.392 e. The summed E-state index contributed by atoms with van der Waals surface area (Å²) in [4.78, 5) is 9.98. The fraction of sp³-hybridized carbons (Fsp3) is 0.400. The van der Waals surface area contributed by atoms with Crippen LogP contribution in [0, 0.1) is 10.1 Å². The Hall–Kier alpha value is -1.31. The molecule has 0 radical (unpaired) electrons. The van der Waals surface area contributed by atoms with Crippen LogP contribution < -0.4 is 4.74 Å². The van der Waals surface area contributed by atoms with Gasteiger partial charge in [-0.15, -0.1) is 0 Å². The Morgan fingerprint density at radius 1 is 1.39 bits per heavy atom. The summed E-state index contributed by atoms with van der Waals surface area (Å²) in [6.45, 7) is -0.643. The van der Waals surface area contributed by atoms with E-state index < -0.39 is 24.1 Å². The Morgan fingerprint density at radius 3 is 2.56 bits per heavy atom. The first-order chi connectivity index (χ1) is 8.33. The maximum atomic E-state index is 11.9. The van der Waals surface area contributed by atoms with Crippen LogP contribution in [0.1, 0.15) is 12.0 Å². The minimum Gasteiger partial charge on any atom is -0.486 e. The number of hydrogen-bond acceptors (Lipinski definition) is 3. The summed E-state index contributed by atoms with van der Waals surface area (Å²) in [5.41, 5.74) is 0.337. The zero-order valence-corrected chi connectivity index (χ0v) is 10.6. The molecule has 0 aliphatic heterocycles. The van der Waals surface area contributed by atoms with Crippen molar-refractivity contribution in [2.45, 2.75) is 17.9 Å². The van der Waals surface area contributed by atoms with E-state index in [9.17, 15) is 23.3 Å². The normalized spacial score (nSPS) is 11.3. The molecule has 1 aromatic carbocycles. The van der Waals surface area contributed by atoms with E-state index >= 15 is 0 Å². The summed E-state index contributed by atoms with van der Waals surface area (Å²) in [6, 6.07) is 4.06. The van der Waals surface area contributed by atoms with Crippen LogP contribution in [-0.2, 0) is 5.33 Å². The molecule has 0 bridgehead atoms. The van der Waals surface area contributed by atoms with E-state index in [1.165, 1.54) is 18.2 Å². The number of ether oxygens (including phenoxy) is 1.